The van der Waals surface area contributed by atoms with E-state index < -0.39 is 0 Å². The zero-order chi connectivity index (χ0) is 20.8. The van der Waals surface area contributed by atoms with Crippen LogP contribution >= 0.6 is 11.3 Å². The topological polar surface area (TPSA) is 51.0 Å². The van der Waals surface area contributed by atoms with Crippen molar-refractivity contribution in [3.63, 3.8) is 0 Å². The summed E-state index contributed by atoms with van der Waals surface area (Å²) in [5.41, 5.74) is 3.77. The number of carbonyl (C=O) groups excluding carboxylic acids is 1. The van der Waals surface area contributed by atoms with Crippen molar-refractivity contribution >= 4 is 27.5 Å². The molecule has 0 spiro atoms. The molecule has 1 amide bonds. The summed E-state index contributed by atoms with van der Waals surface area (Å²) in [7, 11) is 0. The highest BCUT2D eigenvalue weighted by Gasteiger charge is 2.32. The SMILES string of the molecule is O=C(c1cc(C2CC2)nn1-c1ccccc1)N1CCC(c2nc3ccccc3s2)CC1. The summed E-state index contributed by atoms with van der Waals surface area (Å²) in [4.78, 5) is 20.3. The van der Waals surface area contributed by atoms with Gasteiger partial charge in [0.25, 0.3) is 5.91 Å². The van der Waals surface area contributed by atoms with Crippen molar-refractivity contribution in [3.05, 3.63) is 77.1 Å². The zero-order valence-electron chi connectivity index (χ0n) is 17.3. The Morgan fingerprint density at radius 3 is 2.39 bits per heavy atom. The van der Waals surface area contributed by atoms with Crippen LogP contribution in [0.2, 0.25) is 0 Å². The van der Waals surface area contributed by atoms with Gasteiger partial charge in [0.15, 0.2) is 0 Å². The fraction of sp³-hybridized carbons (Fsp3) is 0.320. The van der Waals surface area contributed by atoms with E-state index in [2.05, 4.69) is 18.2 Å². The molecule has 4 aromatic rings. The number of carbonyl (C=O) groups is 1. The van der Waals surface area contributed by atoms with Crippen LogP contribution in [-0.4, -0.2) is 38.7 Å². The lowest BCUT2D eigenvalue weighted by Gasteiger charge is -2.31. The molecule has 2 aromatic carbocycles. The van der Waals surface area contributed by atoms with Gasteiger partial charge in [-0.3, -0.25) is 4.79 Å². The standard InChI is InChI=1S/C25H24N4OS/c30-25(22-16-21(17-10-11-17)27-29(22)19-6-2-1-3-7-19)28-14-12-18(13-15-28)24-26-20-8-4-5-9-23(20)31-24/h1-9,16-18H,10-15H2. The number of amides is 1. The number of para-hydroxylation sites is 2. The van der Waals surface area contributed by atoms with Crippen LogP contribution in [0.5, 0.6) is 0 Å². The molecular formula is C25H24N4OS. The van der Waals surface area contributed by atoms with Gasteiger partial charge in [0.2, 0.25) is 0 Å². The van der Waals surface area contributed by atoms with Crippen molar-refractivity contribution in [1.82, 2.24) is 19.7 Å². The molecule has 2 fully saturated rings. The molecule has 2 aliphatic rings. The fourth-order valence-corrected chi connectivity index (χ4v) is 5.59. The van der Waals surface area contributed by atoms with Crippen molar-refractivity contribution < 1.29 is 4.79 Å². The number of piperidine rings is 1. The fourth-order valence-electron chi connectivity index (χ4n) is 4.45. The van der Waals surface area contributed by atoms with E-state index in [-0.39, 0.29) is 5.91 Å². The average Bonchev–Trinajstić information content (AvgIpc) is 3.43. The summed E-state index contributed by atoms with van der Waals surface area (Å²) in [6, 6.07) is 20.3. The number of nitrogens with zero attached hydrogens (tertiary/aromatic N) is 4. The van der Waals surface area contributed by atoms with Crippen molar-refractivity contribution in [2.45, 2.75) is 37.5 Å². The predicted octanol–water partition coefficient (Wildman–Crippen LogP) is 5.38. The third-order valence-electron chi connectivity index (χ3n) is 6.39. The second-order valence-corrected chi connectivity index (χ2v) is 9.62. The summed E-state index contributed by atoms with van der Waals surface area (Å²) < 4.78 is 3.09. The summed E-state index contributed by atoms with van der Waals surface area (Å²) in [6.45, 7) is 1.52. The Morgan fingerprint density at radius 1 is 0.903 bits per heavy atom. The van der Waals surface area contributed by atoms with Crippen LogP contribution in [0.4, 0.5) is 0 Å². The molecular weight excluding hydrogens is 404 g/mol. The van der Waals surface area contributed by atoms with Gasteiger partial charge >= 0.3 is 0 Å². The summed E-state index contributed by atoms with van der Waals surface area (Å²) in [5, 5.41) is 6.01. The van der Waals surface area contributed by atoms with Crippen molar-refractivity contribution in [3.8, 4) is 5.69 Å². The minimum atomic E-state index is 0.0889. The molecule has 6 heteroatoms. The van der Waals surface area contributed by atoms with Crippen molar-refractivity contribution in [2.24, 2.45) is 0 Å². The lowest BCUT2D eigenvalue weighted by atomic mass is 9.97. The molecule has 1 saturated carbocycles. The van der Waals surface area contributed by atoms with E-state index in [1.54, 1.807) is 11.3 Å². The van der Waals surface area contributed by atoms with Gasteiger partial charge in [0.1, 0.15) is 5.69 Å². The summed E-state index contributed by atoms with van der Waals surface area (Å²) in [6.07, 6.45) is 4.26. The number of likely N-dealkylation sites (tertiary alicyclic amines) is 1. The van der Waals surface area contributed by atoms with E-state index in [0.29, 0.717) is 17.5 Å². The van der Waals surface area contributed by atoms with Crippen LogP contribution in [0.1, 0.15) is 58.7 Å². The Labute approximate surface area is 185 Å². The molecule has 5 nitrogen and oxygen atoms in total. The molecule has 6 rings (SSSR count). The van der Waals surface area contributed by atoms with Gasteiger partial charge in [-0.2, -0.15) is 5.10 Å². The highest BCUT2D eigenvalue weighted by Crippen LogP contribution is 2.40. The second kappa shape index (κ2) is 7.61. The van der Waals surface area contributed by atoms with E-state index in [4.69, 9.17) is 10.1 Å². The van der Waals surface area contributed by atoms with Gasteiger partial charge in [-0.25, -0.2) is 9.67 Å². The molecule has 0 N–H and O–H groups in total. The summed E-state index contributed by atoms with van der Waals surface area (Å²) in [5.74, 6) is 1.04. The first-order valence-corrected chi connectivity index (χ1v) is 11.9. The normalized spacial score (nSPS) is 17.4. The third-order valence-corrected chi connectivity index (χ3v) is 7.58. The highest BCUT2D eigenvalue weighted by molar-refractivity contribution is 7.18. The maximum atomic E-state index is 13.5. The molecule has 0 bridgehead atoms. The number of fused-ring (bicyclic) bond motifs is 1. The number of thiazole rings is 1. The van der Waals surface area contributed by atoms with Crippen LogP contribution in [0.25, 0.3) is 15.9 Å². The van der Waals surface area contributed by atoms with Gasteiger partial charge in [-0.15, -0.1) is 11.3 Å². The number of benzene rings is 2. The number of hydrogen-bond donors (Lipinski definition) is 0. The largest absolute Gasteiger partial charge is 0.337 e. The Kier molecular flexibility index (Phi) is 4.60. The Morgan fingerprint density at radius 2 is 1.65 bits per heavy atom. The lowest BCUT2D eigenvalue weighted by Crippen LogP contribution is -2.38. The monoisotopic (exact) mass is 428 g/mol. The van der Waals surface area contributed by atoms with Gasteiger partial charge in [0, 0.05) is 24.9 Å². The van der Waals surface area contributed by atoms with Gasteiger partial charge in [-0.05, 0) is 56.0 Å². The maximum Gasteiger partial charge on any atom is 0.272 e. The molecule has 3 heterocycles. The van der Waals surface area contributed by atoms with Crippen LogP contribution in [0.15, 0.2) is 60.7 Å². The molecule has 156 valence electrons. The smallest absolute Gasteiger partial charge is 0.272 e. The second-order valence-electron chi connectivity index (χ2n) is 8.56. The number of aromatic nitrogens is 3. The Balaban J connectivity index is 1.22. The average molecular weight is 429 g/mol. The van der Waals surface area contributed by atoms with E-state index in [0.717, 1.165) is 42.8 Å². The van der Waals surface area contributed by atoms with E-state index in [1.165, 1.54) is 22.5 Å². The zero-order valence-corrected chi connectivity index (χ0v) is 18.1. The molecule has 1 aliphatic heterocycles. The molecule has 2 aromatic heterocycles. The molecule has 0 atom stereocenters. The molecule has 0 radical (unpaired) electrons. The van der Waals surface area contributed by atoms with Crippen LogP contribution in [0.3, 0.4) is 0 Å². The number of rotatable bonds is 4. The van der Waals surface area contributed by atoms with Crippen molar-refractivity contribution in [2.75, 3.05) is 13.1 Å². The Bertz CT molecular complexity index is 1200. The highest BCUT2D eigenvalue weighted by atomic mass is 32.1. The minimum Gasteiger partial charge on any atom is -0.337 e. The third kappa shape index (κ3) is 3.55. The lowest BCUT2D eigenvalue weighted by molar-refractivity contribution is 0.0703. The first-order chi connectivity index (χ1) is 15.3. The first kappa shape index (κ1) is 18.8. The molecule has 1 saturated heterocycles. The predicted molar refractivity (Wildman–Crippen MR) is 123 cm³/mol. The van der Waals surface area contributed by atoms with Crippen LogP contribution < -0.4 is 0 Å². The van der Waals surface area contributed by atoms with Crippen LogP contribution in [-0.2, 0) is 0 Å². The first-order valence-electron chi connectivity index (χ1n) is 11.1. The van der Waals surface area contributed by atoms with E-state index in [9.17, 15) is 4.79 Å². The minimum absolute atomic E-state index is 0.0889. The maximum absolute atomic E-state index is 13.5. The van der Waals surface area contributed by atoms with E-state index in [1.807, 2.05) is 52.0 Å². The van der Waals surface area contributed by atoms with E-state index >= 15 is 0 Å². The number of hydrogen-bond acceptors (Lipinski definition) is 4. The summed E-state index contributed by atoms with van der Waals surface area (Å²) >= 11 is 1.79. The van der Waals surface area contributed by atoms with Gasteiger partial charge < -0.3 is 4.90 Å². The van der Waals surface area contributed by atoms with Crippen molar-refractivity contribution in [1.29, 1.82) is 0 Å². The van der Waals surface area contributed by atoms with Gasteiger partial charge in [-0.1, -0.05) is 30.3 Å². The molecule has 0 unspecified atom stereocenters. The molecule has 1 aliphatic carbocycles. The van der Waals surface area contributed by atoms with Crippen LogP contribution in [0, 0.1) is 0 Å². The Hall–Kier alpha value is -2.99. The molecule has 31 heavy (non-hydrogen) atoms. The quantitative estimate of drug-likeness (QED) is 0.439. The van der Waals surface area contributed by atoms with Gasteiger partial charge in [0.05, 0.1) is 26.6 Å².